The fourth-order valence-electron chi connectivity index (χ4n) is 3.08. The van der Waals surface area contributed by atoms with Gasteiger partial charge in [0.05, 0.1) is 5.69 Å². The third kappa shape index (κ3) is 5.83. The minimum Gasteiger partial charge on any atom is -0.368 e. The molecular formula is C20H29FIN5O. The number of halogens is 2. The quantitative estimate of drug-likeness (QED) is 0.384. The number of nitrogens with zero attached hydrogens (tertiary/aromatic N) is 4. The smallest absolute Gasteiger partial charge is 0.194 e. The largest absolute Gasteiger partial charge is 0.368 e. The third-order valence-corrected chi connectivity index (χ3v) is 4.66. The Morgan fingerprint density at radius 1 is 1.21 bits per heavy atom. The molecule has 0 aliphatic carbocycles. The van der Waals surface area contributed by atoms with E-state index in [1.807, 2.05) is 18.2 Å². The summed E-state index contributed by atoms with van der Waals surface area (Å²) in [4.78, 5) is 9.24. The number of hydrogen-bond donors (Lipinski definition) is 1. The van der Waals surface area contributed by atoms with Crippen molar-refractivity contribution in [2.45, 2.75) is 33.2 Å². The number of nitrogens with one attached hydrogen (secondary N) is 1. The SMILES string of the molecule is CCNC(=NCc1cc(C(C)C)no1)N1CCN(c2ccc(F)cc2)CC1.I. The average Bonchev–Trinajstić information content (AvgIpc) is 3.15. The zero-order valence-corrected chi connectivity index (χ0v) is 19.0. The van der Waals surface area contributed by atoms with Gasteiger partial charge in [-0.3, -0.25) is 0 Å². The van der Waals surface area contributed by atoms with Crippen LogP contribution in [-0.2, 0) is 6.54 Å². The Balaban J connectivity index is 0.00000280. The first-order valence-corrected chi connectivity index (χ1v) is 9.56. The number of anilines is 1. The zero-order valence-electron chi connectivity index (χ0n) is 16.7. The van der Waals surface area contributed by atoms with Crippen LogP contribution in [0.1, 0.15) is 38.1 Å². The Morgan fingerprint density at radius 2 is 1.89 bits per heavy atom. The van der Waals surface area contributed by atoms with Gasteiger partial charge in [-0.2, -0.15) is 0 Å². The number of hydrogen-bond acceptors (Lipinski definition) is 4. The second-order valence-corrected chi connectivity index (χ2v) is 6.99. The molecule has 0 saturated carbocycles. The van der Waals surface area contributed by atoms with E-state index in [1.165, 1.54) is 12.1 Å². The summed E-state index contributed by atoms with van der Waals surface area (Å²) in [6, 6.07) is 8.66. The molecule has 8 heteroatoms. The Morgan fingerprint density at radius 3 is 2.46 bits per heavy atom. The summed E-state index contributed by atoms with van der Waals surface area (Å²) in [7, 11) is 0. The molecule has 2 heterocycles. The van der Waals surface area contributed by atoms with Gasteiger partial charge in [-0.25, -0.2) is 9.38 Å². The van der Waals surface area contributed by atoms with Gasteiger partial charge in [0.25, 0.3) is 0 Å². The number of guanidine groups is 1. The first-order chi connectivity index (χ1) is 13.1. The third-order valence-electron chi connectivity index (χ3n) is 4.66. The molecular weight excluding hydrogens is 472 g/mol. The van der Waals surface area contributed by atoms with Crippen molar-refractivity contribution in [1.82, 2.24) is 15.4 Å². The summed E-state index contributed by atoms with van der Waals surface area (Å²) < 4.78 is 18.5. The van der Waals surface area contributed by atoms with Crippen LogP contribution >= 0.6 is 24.0 Å². The Hall–Kier alpha value is -1.84. The van der Waals surface area contributed by atoms with E-state index in [1.54, 1.807) is 0 Å². The molecule has 154 valence electrons. The Bertz CT molecular complexity index is 754. The van der Waals surface area contributed by atoms with Crippen molar-refractivity contribution < 1.29 is 8.91 Å². The van der Waals surface area contributed by atoms with Crippen LogP contribution < -0.4 is 10.2 Å². The Kier molecular flexibility index (Phi) is 8.53. The Labute approximate surface area is 183 Å². The summed E-state index contributed by atoms with van der Waals surface area (Å²) in [5.74, 6) is 1.81. The second-order valence-electron chi connectivity index (χ2n) is 6.99. The molecule has 0 unspecified atom stereocenters. The standard InChI is InChI=1S/C20H28FN5O.HI/c1-4-22-20(23-14-18-13-19(15(2)3)24-27-18)26-11-9-25(10-12-26)17-7-5-16(21)6-8-17;/h5-8,13,15H,4,9-12,14H2,1-3H3,(H,22,23);1H. The van der Waals surface area contributed by atoms with Crippen LogP contribution in [0.5, 0.6) is 0 Å². The molecule has 6 nitrogen and oxygen atoms in total. The highest BCUT2D eigenvalue weighted by Crippen LogP contribution is 2.18. The molecule has 3 rings (SSSR count). The van der Waals surface area contributed by atoms with Gasteiger partial charge in [0.2, 0.25) is 0 Å². The monoisotopic (exact) mass is 501 g/mol. The minimum absolute atomic E-state index is 0. The van der Waals surface area contributed by atoms with Crippen LogP contribution in [0.25, 0.3) is 0 Å². The molecule has 0 bridgehead atoms. The van der Waals surface area contributed by atoms with Gasteiger partial charge >= 0.3 is 0 Å². The zero-order chi connectivity index (χ0) is 19.2. The first-order valence-electron chi connectivity index (χ1n) is 9.56. The van der Waals surface area contributed by atoms with E-state index >= 15 is 0 Å². The second kappa shape index (κ2) is 10.6. The van der Waals surface area contributed by atoms with E-state index in [4.69, 9.17) is 9.52 Å². The molecule has 1 aromatic carbocycles. The van der Waals surface area contributed by atoms with Crippen molar-refractivity contribution in [3.63, 3.8) is 0 Å². The lowest BCUT2D eigenvalue weighted by Crippen LogP contribution is -2.52. The normalized spacial score (nSPS) is 15.0. The molecule has 0 spiro atoms. The van der Waals surface area contributed by atoms with Crippen LogP contribution in [0.15, 0.2) is 39.8 Å². The van der Waals surface area contributed by atoms with Gasteiger partial charge < -0.3 is 19.6 Å². The van der Waals surface area contributed by atoms with E-state index in [-0.39, 0.29) is 29.8 Å². The fraction of sp³-hybridized carbons (Fsp3) is 0.500. The van der Waals surface area contributed by atoms with E-state index in [2.05, 4.69) is 41.0 Å². The number of benzene rings is 1. The first kappa shape index (κ1) is 22.4. The average molecular weight is 501 g/mol. The topological polar surface area (TPSA) is 56.9 Å². The van der Waals surface area contributed by atoms with Gasteiger partial charge in [-0.1, -0.05) is 19.0 Å². The predicted octanol–water partition coefficient (Wildman–Crippen LogP) is 3.84. The van der Waals surface area contributed by atoms with E-state index in [0.29, 0.717) is 12.5 Å². The van der Waals surface area contributed by atoms with Crippen molar-refractivity contribution >= 4 is 35.6 Å². The molecule has 1 N–H and O–H groups in total. The number of aromatic nitrogens is 1. The minimum atomic E-state index is -0.202. The van der Waals surface area contributed by atoms with E-state index < -0.39 is 0 Å². The summed E-state index contributed by atoms with van der Waals surface area (Å²) in [5.41, 5.74) is 2.01. The van der Waals surface area contributed by atoms with Crippen LogP contribution in [-0.4, -0.2) is 48.7 Å². The molecule has 28 heavy (non-hydrogen) atoms. The van der Waals surface area contributed by atoms with Crippen molar-refractivity contribution in [1.29, 1.82) is 0 Å². The summed E-state index contributed by atoms with van der Waals surface area (Å²) >= 11 is 0. The van der Waals surface area contributed by atoms with E-state index in [0.717, 1.165) is 55.8 Å². The maximum Gasteiger partial charge on any atom is 0.194 e. The molecule has 1 fully saturated rings. The van der Waals surface area contributed by atoms with Crippen molar-refractivity contribution in [2.24, 2.45) is 4.99 Å². The lowest BCUT2D eigenvalue weighted by Gasteiger charge is -2.37. The lowest BCUT2D eigenvalue weighted by molar-refractivity contribution is 0.364. The highest BCUT2D eigenvalue weighted by Gasteiger charge is 2.20. The molecule has 1 saturated heterocycles. The molecule has 0 amide bonds. The van der Waals surface area contributed by atoms with Gasteiger partial charge in [0.15, 0.2) is 11.7 Å². The molecule has 1 aliphatic rings. The maximum atomic E-state index is 13.1. The van der Waals surface area contributed by atoms with Crippen molar-refractivity contribution in [3.8, 4) is 0 Å². The predicted molar refractivity (Wildman–Crippen MR) is 121 cm³/mol. The lowest BCUT2D eigenvalue weighted by atomic mass is 10.1. The summed E-state index contributed by atoms with van der Waals surface area (Å²) in [6.45, 7) is 11.0. The summed E-state index contributed by atoms with van der Waals surface area (Å²) in [5, 5.41) is 7.45. The molecule has 1 aliphatic heterocycles. The number of piperazine rings is 1. The van der Waals surface area contributed by atoms with Gasteiger partial charge in [0, 0.05) is 44.5 Å². The molecule has 2 aromatic rings. The fourth-order valence-corrected chi connectivity index (χ4v) is 3.08. The van der Waals surface area contributed by atoms with E-state index in [9.17, 15) is 4.39 Å². The van der Waals surface area contributed by atoms with Gasteiger partial charge in [-0.05, 0) is 37.1 Å². The van der Waals surface area contributed by atoms with Crippen LogP contribution in [0.4, 0.5) is 10.1 Å². The van der Waals surface area contributed by atoms with Crippen LogP contribution in [0.3, 0.4) is 0 Å². The number of rotatable bonds is 5. The van der Waals surface area contributed by atoms with Crippen molar-refractivity contribution in [3.05, 3.63) is 47.6 Å². The van der Waals surface area contributed by atoms with Crippen LogP contribution in [0.2, 0.25) is 0 Å². The summed E-state index contributed by atoms with van der Waals surface area (Å²) in [6.07, 6.45) is 0. The molecule has 0 atom stereocenters. The van der Waals surface area contributed by atoms with Gasteiger partial charge in [0.1, 0.15) is 12.4 Å². The van der Waals surface area contributed by atoms with Gasteiger partial charge in [-0.15, -0.1) is 24.0 Å². The molecule has 1 aromatic heterocycles. The highest BCUT2D eigenvalue weighted by molar-refractivity contribution is 14.0. The van der Waals surface area contributed by atoms with Crippen LogP contribution in [0, 0.1) is 5.82 Å². The molecule has 0 radical (unpaired) electrons. The van der Waals surface area contributed by atoms with Crippen molar-refractivity contribution in [2.75, 3.05) is 37.6 Å². The highest BCUT2D eigenvalue weighted by atomic mass is 127. The number of aliphatic imine (C=N–C) groups is 1. The maximum absolute atomic E-state index is 13.1.